The summed E-state index contributed by atoms with van der Waals surface area (Å²) in [7, 11) is 1.57. The molecule has 124 valence electrons. The van der Waals surface area contributed by atoms with E-state index in [1.165, 1.54) is 12.3 Å². The van der Waals surface area contributed by atoms with Gasteiger partial charge in [0.15, 0.2) is 0 Å². The van der Waals surface area contributed by atoms with Crippen LogP contribution in [0, 0.1) is 5.92 Å². The molecular weight excluding hydrogens is 292 g/mol. The lowest BCUT2D eigenvalue weighted by atomic mass is 9.90. The van der Waals surface area contributed by atoms with Crippen LogP contribution in [0.1, 0.15) is 35.7 Å². The summed E-state index contributed by atoms with van der Waals surface area (Å²) >= 11 is 0. The molecule has 1 saturated heterocycles. The van der Waals surface area contributed by atoms with Crippen LogP contribution in [0.4, 0.5) is 0 Å². The van der Waals surface area contributed by atoms with Crippen molar-refractivity contribution in [3.05, 3.63) is 35.7 Å². The number of nitrogens with zero attached hydrogens (tertiary/aromatic N) is 2. The number of aromatic nitrogens is 1. The third kappa shape index (κ3) is 4.16. The van der Waals surface area contributed by atoms with E-state index in [0.717, 1.165) is 19.4 Å². The summed E-state index contributed by atoms with van der Waals surface area (Å²) in [4.78, 5) is 29.9. The number of pyridine rings is 1. The number of hydrogen-bond acceptors (Lipinski definition) is 4. The van der Waals surface area contributed by atoms with E-state index >= 15 is 0 Å². The Hall–Kier alpha value is -2.21. The monoisotopic (exact) mass is 316 g/mol. The molecular formula is C17H24N4O2. The van der Waals surface area contributed by atoms with Crippen LogP contribution in [0.2, 0.25) is 0 Å². The Morgan fingerprint density at radius 2 is 2.26 bits per heavy atom. The molecule has 1 aliphatic rings. The largest absolute Gasteiger partial charge is 0.355 e. The highest BCUT2D eigenvalue weighted by molar-refractivity contribution is 5.95. The Kier molecular flexibility index (Phi) is 5.87. The third-order valence-electron chi connectivity index (χ3n) is 4.31. The first-order valence-electron chi connectivity index (χ1n) is 7.92. The SMILES string of the molecule is CNC(=O)c1cncc(/C=C/C(=O)N2CCCC(C)C2CN)c1. The third-order valence-corrected chi connectivity index (χ3v) is 4.31. The van der Waals surface area contributed by atoms with Gasteiger partial charge < -0.3 is 16.0 Å². The van der Waals surface area contributed by atoms with E-state index in [9.17, 15) is 9.59 Å². The predicted octanol–water partition coefficient (Wildman–Crippen LogP) is 1.04. The van der Waals surface area contributed by atoms with Gasteiger partial charge in [-0.25, -0.2) is 0 Å². The highest BCUT2D eigenvalue weighted by Gasteiger charge is 2.29. The van der Waals surface area contributed by atoms with Crippen LogP contribution in [0.5, 0.6) is 0 Å². The van der Waals surface area contributed by atoms with Crippen molar-refractivity contribution < 1.29 is 9.59 Å². The molecule has 1 aromatic heterocycles. The van der Waals surface area contributed by atoms with Crippen LogP contribution >= 0.6 is 0 Å². The minimum atomic E-state index is -0.202. The van der Waals surface area contributed by atoms with Crippen LogP contribution in [0.15, 0.2) is 24.5 Å². The molecule has 6 heteroatoms. The van der Waals surface area contributed by atoms with Crippen LogP contribution < -0.4 is 11.1 Å². The van der Waals surface area contributed by atoms with Gasteiger partial charge in [0.2, 0.25) is 5.91 Å². The summed E-state index contributed by atoms with van der Waals surface area (Å²) < 4.78 is 0. The summed E-state index contributed by atoms with van der Waals surface area (Å²) in [6, 6.07) is 1.80. The first kappa shape index (κ1) is 17.1. The second-order valence-electron chi connectivity index (χ2n) is 5.87. The van der Waals surface area contributed by atoms with Crippen LogP contribution in [-0.2, 0) is 4.79 Å². The molecule has 23 heavy (non-hydrogen) atoms. The van der Waals surface area contributed by atoms with Crippen LogP contribution in [0.25, 0.3) is 6.08 Å². The zero-order chi connectivity index (χ0) is 16.8. The first-order valence-corrected chi connectivity index (χ1v) is 7.92. The molecule has 3 N–H and O–H groups in total. The van der Waals surface area contributed by atoms with Gasteiger partial charge in [0.25, 0.3) is 5.91 Å². The van der Waals surface area contributed by atoms with Gasteiger partial charge in [-0.15, -0.1) is 0 Å². The van der Waals surface area contributed by atoms with Gasteiger partial charge in [0.05, 0.1) is 5.56 Å². The van der Waals surface area contributed by atoms with E-state index in [4.69, 9.17) is 5.73 Å². The van der Waals surface area contributed by atoms with Gasteiger partial charge in [0, 0.05) is 44.6 Å². The van der Waals surface area contributed by atoms with E-state index in [1.807, 2.05) is 4.90 Å². The number of likely N-dealkylation sites (tertiary alicyclic amines) is 1. The average Bonchev–Trinajstić information content (AvgIpc) is 2.58. The van der Waals surface area contributed by atoms with E-state index in [-0.39, 0.29) is 17.9 Å². The molecule has 0 saturated carbocycles. The number of carbonyl (C=O) groups excluding carboxylic acids is 2. The molecule has 6 nitrogen and oxygen atoms in total. The zero-order valence-electron chi connectivity index (χ0n) is 13.7. The van der Waals surface area contributed by atoms with Crippen molar-refractivity contribution in [2.45, 2.75) is 25.8 Å². The molecule has 2 atom stereocenters. The van der Waals surface area contributed by atoms with Gasteiger partial charge in [-0.2, -0.15) is 0 Å². The molecule has 1 fully saturated rings. The number of piperidine rings is 1. The fourth-order valence-corrected chi connectivity index (χ4v) is 2.96. The molecule has 2 unspecified atom stereocenters. The van der Waals surface area contributed by atoms with E-state index in [1.54, 1.807) is 25.4 Å². The number of nitrogens with two attached hydrogens (primary N) is 1. The minimum absolute atomic E-state index is 0.0441. The lowest BCUT2D eigenvalue weighted by Gasteiger charge is -2.38. The fraction of sp³-hybridized carbons (Fsp3) is 0.471. The molecule has 0 radical (unpaired) electrons. The Labute approximate surface area is 136 Å². The molecule has 0 spiro atoms. The topological polar surface area (TPSA) is 88.3 Å². The van der Waals surface area contributed by atoms with Crippen LogP contribution in [-0.4, -0.2) is 47.9 Å². The minimum Gasteiger partial charge on any atom is -0.355 e. The molecule has 1 aliphatic heterocycles. The maximum atomic E-state index is 12.4. The molecule has 2 heterocycles. The summed E-state index contributed by atoms with van der Waals surface area (Å²) in [5.41, 5.74) is 7.01. The number of nitrogens with one attached hydrogen (secondary N) is 1. The Morgan fingerprint density at radius 1 is 1.48 bits per heavy atom. The standard InChI is InChI=1S/C17H24N4O2/c1-12-4-3-7-21(15(12)9-18)16(22)6-5-13-8-14(11-20-10-13)17(23)19-2/h5-6,8,10-12,15H,3-4,7,9,18H2,1-2H3,(H,19,23)/b6-5+. The van der Waals surface area contributed by atoms with Gasteiger partial charge in [-0.3, -0.25) is 14.6 Å². The summed E-state index contributed by atoms with van der Waals surface area (Å²) in [6.45, 7) is 3.36. The molecule has 0 aliphatic carbocycles. The second kappa shape index (κ2) is 7.87. The lowest BCUT2D eigenvalue weighted by Crippen LogP contribution is -2.50. The Bertz CT molecular complexity index is 600. The smallest absolute Gasteiger partial charge is 0.252 e. The number of rotatable bonds is 4. The normalized spacial score (nSPS) is 21.4. The van der Waals surface area contributed by atoms with E-state index in [2.05, 4.69) is 17.2 Å². The second-order valence-corrected chi connectivity index (χ2v) is 5.87. The van der Waals surface area contributed by atoms with Gasteiger partial charge in [-0.1, -0.05) is 6.92 Å². The van der Waals surface area contributed by atoms with Crippen molar-refractivity contribution in [1.29, 1.82) is 0 Å². The molecule has 2 amide bonds. The molecule has 1 aromatic rings. The summed E-state index contributed by atoms with van der Waals surface area (Å²) in [5.74, 6) is 0.175. The number of carbonyl (C=O) groups is 2. The Balaban J connectivity index is 2.10. The van der Waals surface area contributed by atoms with Gasteiger partial charge >= 0.3 is 0 Å². The highest BCUT2D eigenvalue weighted by atomic mass is 16.2. The zero-order valence-corrected chi connectivity index (χ0v) is 13.7. The lowest BCUT2D eigenvalue weighted by molar-refractivity contribution is -0.130. The molecule has 0 aromatic carbocycles. The highest BCUT2D eigenvalue weighted by Crippen LogP contribution is 2.23. The van der Waals surface area contributed by atoms with E-state index < -0.39 is 0 Å². The van der Waals surface area contributed by atoms with Crippen molar-refractivity contribution in [3.8, 4) is 0 Å². The van der Waals surface area contributed by atoms with Crippen molar-refractivity contribution in [1.82, 2.24) is 15.2 Å². The van der Waals surface area contributed by atoms with Crippen molar-refractivity contribution in [2.24, 2.45) is 11.7 Å². The predicted molar refractivity (Wildman–Crippen MR) is 89.6 cm³/mol. The maximum Gasteiger partial charge on any atom is 0.252 e. The molecule has 0 bridgehead atoms. The van der Waals surface area contributed by atoms with Crippen LogP contribution in [0.3, 0.4) is 0 Å². The Morgan fingerprint density at radius 3 is 2.96 bits per heavy atom. The maximum absolute atomic E-state index is 12.4. The van der Waals surface area contributed by atoms with Crippen molar-refractivity contribution >= 4 is 17.9 Å². The molecule has 2 rings (SSSR count). The number of amides is 2. The van der Waals surface area contributed by atoms with Gasteiger partial charge in [-0.05, 0) is 36.5 Å². The first-order chi connectivity index (χ1) is 11.1. The average molecular weight is 316 g/mol. The van der Waals surface area contributed by atoms with E-state index in [0.29, 0.717) is 23.6 Å². The summed E-state index contributed by atoms with van der Waals surface area (Å²) in [5, 5.41) is 2.55. The summed E-state index contributed by atoms with van der Waals surface area (Å²) in [6.07, 6.45) is 8.45. The van der Waals surface area contributed by atoms with Crippen molar-refractivity contribution in [3.63, 3.8) is 0 Å². The quantitative estimate of drug-likeness (QED) is 0.812. The fourth-order valence-electron chi connectivity index (χ4n) is 2.96. The van der Waals surface area contributed by atoms with Gasteiger partial charge in [0.1, 0.15) is 0 Å². The van der Waals surface area contributed by atoms with Crippen molar-refractivity contribution in [2.75, 3.05) is 20.1 Å². The number of hydrogen-bond donors (Lipinski definition) is 2.